The number of rotatable bonds is 4. The minimum absolute atomic E-state index is 0.150. The minimum Gasteiger partial charge on any atom is -0.324 e. The molecule has 2 aromatic rings. The highest BCUT2D eigenvalue weighted by molar-refractivity contribution is 9.10. The topological polar surface area (TPSA) is 56.7 Å². The molecule has 2 aromatic heterocycles. The first-order chi connectivity index (χ1) is 9.02. The van der Waals surface area contributed by atoms with Crippen molar-refractivity contribution >= 4 is 27.5 Å². The molecule has 0 aliphatic carbocycles. The first-order valence-corrected chi connectivity index (χ1v) is 7.26. The zero-order valence-electron chi connectivity index (χ0n) is 10.9. The van der Waals surface area contributed by atoms with Crippen LogP contribution in [0.1, 0.15) is 29.9 Å². The SMILES string of the molecule is CCc1nn(C)c(CC(N)c2cncc(Br)c2)c1Cl. The predicted octanol–water partition coefficient (Wildman–Crippen LogP) is 3.04. The third-order valence-corrected chi connectivity index (χ3v) is 3.94. The molecule has 2 rings (SSSR count). The lowest BCUT2D eigenvalue weighted by Crippen LogP contribution is -2.16. The molecule has 0 aromatic carbocycles. The van der Waals surface area contributed by atoms with Gasteiger partial charge in [0.15, 0.2) is 0 Å². The molecule has 6 heteroatoms. The smallest absolute Gasteiger partial charge is 0.0850 e. The zero-order chi connectivity index (χ0) is 14.0. The van der Waals surface area contributed by atoms with E-state index in [0.29, 0.717) is 6.42 Å². The van der Waals surface area contributed by atoms with Crippen molar-refractivity contribution in [3.63, 3.8) is 0 Å². The Labute approximate surface area is 126 Å². The number of halogens is 2. The van der Waals surface area contributed by atoms with E-state index in [-0.39, 0.29) is 6.04 Å². The van der Waals surface area contributed by atoms with Crippen LogP contribution in [0.3, 0.4) is 0 Å². The van der Waals surface area contributed by atoms with E-state index in [1.165, 1.54) is 0 Å². The highest BCUT2D eigenvalue weighted by Gasteiger charge is 2.17. The van der Waals surface area contributed by atoms with Gasteiger partial charge in [0.1, 0.15) is 0 Å². The van der Waals surface area contributed by atoms with Crippen molar-refractivity contribution < 1.29 is 0 Å². The van der Waals surface area contributed by atoms with Gasteiger partial charge in [-0.2, -0.15) is 5.10 Å². The lowest BCUT2D eigenvalue weighted by Gasteiger charge is -2.12. The van der Waals surface area contributed by atoms with Gasteiger partial charge in [0.05, 0.1) is 16.4 Å². The second-order valence-corrected chi connectivity index (χ2v) is 5.73. The number of aryl methyl sites for hydroxylation is 2. The summed E-state index contributed by atoms with van der Waals surface area (Å²) in [6.45, 7) is 2.04. The van der Waals surface area contributed by atoms with Crippen LogP contribution in [0.2, 0.25) is 5.02 Å². The van der Waals surface area contributed by atoms with Crippen LogP contribution in [0.5, 0.6) is 0 Å². The molecule has 0 saturated heterocycles. The average Bonchev–Trinajstić information content (AvgIpc) is 2.66. The molecule has 19 heavy (non-hydrogen) atoms. The van der Waals surface area contributed by atoms with Crippen molar-refractivity contribution in [1.29, 1.82) is 0 Å². The second-order valence-electron chi connectivity index (χ2n) is 4.43. The van der Waals surface area contributed by atoms with Crippen LogP contribution >= 0.6 is 27.5 Å². The van der Waals surface area contributed by atoms with Crippen molar-refractivity contribution in [2.24, 2.45) is 12.8 Å². The minimum atomic E-state index is -0.150. The maximum Gasteiger partial charge on any atom is 0.0850 e. The van der Waals surface area contributed by atoms with Gasteiger partial charge in [0, 0.05) is 36.4 Å². The summed E-state index contributed by atoms with van der Waals surface area (Å²) in [6.07, 6.45) is 4.98. The van der Waals surface area contributed by atoms with Crippen molar-refractivity contribution in [3.05, 3.63) is 44.9 Å². The van der Waals surface area contributed by atoms with Crippen LogP contribution < -0.4 is 5.73 Å². The third-order valence-electron chi connectivity index (χ3n) is 3.07. The van der Waals surface area contributed by atoms with E-state index >= 15 is 0 Å². The number of nitrogens with two attached hydrogens (primary N) is 1. The van der Waals surface area contributed by atoms with Crippen molar-refractivity contribution in [1.82, 2.24) is 14.8 Å². The maximum atomic E-state index is 6.33. The molecule has 0 amide bonds. The molecule has 0 bridgehead atoms. The van der Waals surface area contributed by atoms with Gasteiger partial charge in [0.25, 0.3) is 0 Å². The molecule has 1 atom stereocenters. The van der Waals surface area contributed by atoms with Gasteiger partial charge in [0.2, 0.25) is 0 Å². The standard InChI is InChI=1S/C13H16BrClN4/c1-3-11-13(15)12(19(2)18-11)5-10(16)8-4-9(14)7-17-6-8/h4,6-7,10H,3,5,16H2,1-2H3. The molecule has 0 radical (unpaired) electrons. The molecule has 2 N–H and O–H groups in total. The normalized spacial score (nSPS) is 12.7. The summed E-state index contributed by atoms with van der Waals surface area (Å²) in [7, 11) is 1.90. The number of hydrogen-bond acceptors (Lipinski definition) is 3. The van der Waals surface area contributed by atoms with Gasteiger partial charge in [-0.05, 0) is 34.0 Å². The van der Waals surface area contributed by atoms with Gasteiger partial charge in [-0.3, -0.25) is 9.67 Å². The molecule has 2 heterocycles. The first kappa shape index (κ1) is 14.5. The van der Waals surface area contributed by atoms with E-state index in [4.69, 9.17) is 17.3 Å². The summed E-state index contributed by atoms with van der Waals surface area (Å²) in [5, 5.41) is 5.12. The van der Waals surface area contributed by atoms with Crippen LogP contribution in [0, 0.1) is 0 Å². The summed E-state index contributed by atoms with van der Waals surface area (Å²) >= 11 is 9.73. The van der Waals surface area contributed by atoms with Gasteiger partial charge in [-0.1, -0.05) is 18.5 Å². The van der Waals surface area contributed by atoms with Crippen LogP contribution in [-0.2, 0) is 19.9 Å². The highest BCUT2D eigenvalue weighted by atomic mass is 79.9. The van der Waals surface area contributed by atoms with Crippen LogP contribution in [-0.4, -0.2) is 14.8 Å². The van der Waals surface area contributed by atoms with E-state index in [1.807, 2.05) is 24.7 Å². The number of pyridine rings is 1. The molecule has 1 unspecified atom stereocenters. The van der Waals surface area contributed by atoms with E-state index in [0.717, 1.165) is 32.9 Å². The molecule has 102 valence electrons. The van der Waals surface area contributed by atoms with Crippen LogP contribution in [0.25, 0.3) is 0 Å². The monoisotopic (exact) mass is 342 g/mol. The number of hydrogen-bond donors (Lipinski definition) is 1. The van der Waals surface area contributed by atoms with Crippen molar-refractivity contribution in [2.45, 2.75) is 25.8 Å². The molecular weight excluding hydrogens is 328 g/mol. The fourth-order valence-electron chi connectivity index (χ4n) is 2.00. The van der Waals surface area contributed by atoms with Crippen LogP contribution in [0.4, 0.5) is 0 Å². The third kappa shape index (κ3) is 3.16. The van der Waals surface area contributed by atoms with E-state index in [2.05, 4.69) is 26.0 Å². The summed E-state index contributed by atoms with van der Waals surface area (Å²) in [6, 6.07) is 1.82. The average molecular weight is 344 g/mol. The quantitative estimate of drug-likeness (QED) is 0.928. The van der Waals surface area contributed by atoms with Crippen molar-refractivity contribution in [2.75, 3.05) is 0 Å². The van der Waals surface area contributed by atoms with Crippen molar-refractivity contribution in [3.8, 4) is 0 Å². The fraction of sp³-hybridized carbons (Fsp3) is 0.385. The summed E-state index contributed by atoms with van der Waals surface area (Å²) in [5.74, 6) is 0. The first-order valence-electron chi connectivity index (χ1n) is 6.09. The molecule has 0 saturated carbocycles. The van der Waals surface area contributed by atoms with Crippen LogP contribution in [0.15, 0.2) is 22.9 Å². The van der Waals surface area contributed by atoms with E-state index in [1.54, 1.807) is 12.4 Å². The Balaban J connectivity index is 2.24. The Morgan fingerprint density at radius 2 is 2.21 bits per heavy atom. The lowest BCUT2D eigenvalue weighted by atomic mass is 10.0. The Hall–Kier alpha value is -0.910. The largest absolute Gasteiger partial charge is 0.324 e. The Kier molecular flexibility index (Phi) is 4.60. The Morgan fingerprint density at radius 3 is 2.79 bits per heavy atom. The molecular formula is C13H16BrClN4. The lowest BCUT2D eigenvalue weighted by molar-refractivity contribution is 0.636. The van der Waals surface area contributed by atoms with Gasteiger partial charge in [-0.25, -0.2) is 0 Å². The molecule has 0 fully saturated rings. The molecule has 4 nitrogen and oxygen atoms in total. The maximum absolute atomic E-state index is 6.33. The Morgan fingerprint density at radius 1 is 1.47 bits per heavy atom. The van der Waals surface area contributed by atoms with Gasteiger partial charge < -0.3 is 5.73 Å². The van der Waals surface area contributed by atoms with E-state index in [9.17, 15) is 0 Å². The van der Waals surface area contributed by atoms with Gasteiger partial charge in [-0.15, -0.1) is 0 Å². The number of aromatic nitrogens is 3. The zero-order valence-corrected chi connectivity index (χ0v) is 13.2. The second kappa shape index (κ2) is 6.03. The summed E-state index contributed by atoms with van der Waals surface area (Å²) in [4.78, 5) is 4.13. The Bertz CT molecular complexity index is 582. The molecule has 0 aliphatic heterocycles. The molecule has 0 spiro atoms. The van der Waals surface area contributed by atoms with E-state index < -0.39 is 0 Å². The van der Waals surface area contributed by atoms with Gasteiger partial charge >= 0.3 is 0 Å². The highest BCUT2D eigenvalue weighted by Crippen LogP contribution is 2.25. The number of nitrogens with zero attached hydrogens (tertiary/aromatic N) is 3. The fourth-order valence-corrected chi connectivity index (χ4v) is 2.75. The summed E-state index contributed by atoms with van der Waals surface area (Å²) in [5.41, 5.74) is 9.08. The predicted molar refractivity (Wildman–Crippen MR) is 80.2 cm³/mol. The summed E-state index contributed by atoms with van der Waals surface area (Å²) < 4.78 is 2.73. The molecule has 0 aliphatic rings.